The summed E-state index contributed by atoms with van der Waals surface area (Å²) in [6.07, 6.45) is 2.85. The van der Waals surface area contributed by atoms with E-state index < -0.39 is 12.1 Å². The van der Waals surface area contributed by atoms with Crippen LogP contribution >= 0.6 is 0 Å². The van der Waals surface area contributed by atoms with Crippen molar-refractivity contribution in [3.63, 3.8) is 0 Å². The molecular formula is C35H36F3N3O. The molecule has 2 heterocycles. The molecule has 1 aliphatic rings. The highest BCUT2D eigenvalue weighted by molar-refractivity contribution is 5.96. The molecule has 1 saturated heterocycles. The van der Waals surface area contributed by atoms with Crippen molar-refractivity contribution in [2.45, 2.75) is 58.7 Å². The lowest BCUT2D eigenvalue weighted by molar-refractivity contribution is 0.0703. The highest BCUT2D eigenvalue weighted by atomic mass is 19.1. The number of piperidine rings is 1. The predicted octanol–water partition coefficient (Wildman–Crippen LogP) is 8.92. The van der Waals surface area contributed by atoms with Crippen LogP contribution in [0.4, 0.5) is 13.2 Å². The molecule has 1 atom stereocenters. The van der Waals surface area contributed by atoms with Gasteiger partial charge in [0.05, 0.1) is 16.6 Å². The number of amides is 1. The number of para-hydroxylation sites is 2. The average Bonchev–Trinajstić information content (AvgIpc) is 3.38. The van der Waals surface area contributed by atoms with Crippen molar-refractivity contribution < 1.29 is 18.0 Å². The summed E-state index contributed by atoms with van der Waals surface area (Å²) in [5.41, 5.74) is 5.10. The summed E-state index contributed by atoms with van der Waals surface area (Å²) in [6.45, 7) is 10.3. The van der Waals surface area contributed by atoms with Crippen LogP contribution in [0.3, 0.4) is 0 Å². The molecule has 1 fully saturated rings. The summed E-state index contributed by atoms with van der Waals surface area (Å²) in [7, 11) is 0. The number of likely N-dealkylation sites (tertiary alicyclic amines) is 1. The maximum atomic E-state index is 15.6. The van der Waals surface area contributed by atoms with Crippen molar-refractivity contribution in [1.82, 2.24) is 14.5 Å². The summed E-state index contributed by atoms with van der Waals surface area (Å²) < 4.78 is 46.4. The molecule has 0 aliphatic carbocycles. The topological polar surface area (TPSA) is 38.1 Å². The summed E-state index contributed by atoms with van der Waals surface area (Å²) in [6, 6.07) is 16.7. The number of imidazole rings is 1. The Bertz CT molecular complexity index is 1660. The summed E-state index contributed by atoms with van der Waals surface area (Å²) in [4.78, 5) is 20.0. The number of fused-ring (bicyclic) bond motifs is 1. The standard InChI is InChI=1S/C35H36F3N3O/c1-5-33(38)41-32-12-7-6-11-31(32)39-34(41)24-15-17-40(18-16-24)35(42)29-19-23(4)28(21-30(29)37)27(14-13-22(2)3)25-9-8-10-26(36)20-25/h6-12,14,19-21,24,33H,2,5,13,15-18H2,1,3-4H3/b27-14-. The zero-order chi connectivity index (χ0) is 30.0. The number of rotatable bonds is 8. The number of benzene rings is 3. The molecule has 1 aromatic heterocycles. The van der Waals surface area contributed by atoms with E-state index in [0.29, 0.717) is 66.9 Å². The molecule has 0 saturated carbocycles. The quantitative estimate of drug-likeness (QED) is 0.198. The largest absolute Gasteiger partial charge is 0.339 e. The first-order valence-electron chi connectivity index (χ1n) is 14.5. The summed E-state index contributed by atoms with van der Waals surface area (Å²) in [5.74, 6) is -0.674. The van der Waals surface area contributed by atoms with E-state index in [0.717, 1.165) is 16.6 Å². The number of aryl methyl sites for hydroxylation is 1. The first kappa shape index (κ1) is 29.4. The molecule has 4 aromatic rings. The molecule has 3 aromatic carbocycles. The number of carbonyl (C=O) groups excluding carboxylic acids is 1. The van der Waals surface area contributed by atoms with Gasteiger partial charge in [-0.05, 0) is 98.2 Å². The third-order valence-electron chi connectivity index (χ3n) is 8.01. The van der Waals surface area contributed by atoms with E-state index in [1.54, 1.807) is 27.7 Å². The van der Waals surface area contributed by atoms with Crippen LogP contribution < -0.4 is 0 Å². The molecule has 5 rings (SSSR count). The van der Waals surface area contributed by atoms with E-state index >= 15 is 8.78 Å². The van der Waals surface area contributed by atoms with Gasteiger partial charge in [0.1, 0.15) is 17.5 Å². The fraction of sp³-hybridized carbons (Fsp3) is 0.314. The van der Waals surface area contributed by atoms with E-state index in [2.05, 4.69) is 6.58 Å². The molecule has 1 unspecified atom stereocenters. The molecule has 0 bridgehead atoms. The van der Waals surface area contributed by atoms with Crippen LogP contribution in [0.5, 0.6) is 0 Å². The normalized spacial score (nSPS) is 15.3. The Balaban J connectivity index is 1.38. The fourth-order valence-corrected chi connectivity index (χ4v) is 5.79. The number of allylic oxidation sites excluding steroid dienone is 2. The van der Waals surface area contributed by atoms with Crippen molar-refractivity contribution in [3.8, 4) is 0 Å². The molecule has 218 valence electrons. The second-order valence-corrected chi connectivity index (χ2v) is 11.2. The molecular weight excluding hydrogens is 535 g/mol. The average molecular weight is 572 g/mol. The third kappa shape index (κ3) is 5.91. The number of carbonyl (C=O) groups is 1. The molecule has 4 nitrogen and oxygen atoms in total. The van der Waals surface area contributed by atoms with Gasteiger partial charge in [-0.3, -0.25) is 9.36 Å². The van der Waals surface area contributed by atoms with E-state index in [-0.39, 0.29) is 23.2 Å². The highest BCUT2D eigenvalue weighted by Gasteiger charge is 2.31. The van der Waals surface area contributed by atoms with Gasteiger partial charge in [-0.25, -0.2) is 18.2 Å². The third-order valence-corrected chi connectivity index (χ3v) is 8.01. The number of hydrogen-bond acceptors (Lipinski definition) is 2. The monoisotopic (exact) mass is 571 g/mol. The minimum atomic E-state index is -1.18. The van der Waals surface area contributed by atoms with Crippen LogP contribution in [0, 0.1) is 18.6 Å². The number of halogens is 3. The Hall–Kier alpha value is -4.13. The van der Waals surface area contributed by atoms with Crippen molar-refractivity contribution in [3.05, 3.63) is 119 Å². The maximum absolute atomic E-state index is 15.6. The smallest absolute Gasteiger partial charge is 0.256 e. The lowest BCUT2D eigenvalue weighted by Crippen LogP contribution is -2.39. The Morgan fingerprint density at radius 3 is 2.50 bits per heavy atom. The molecule has 0 N–H and O–H groups in total. The Morgan fingerprint density at radius 2 is 1.81 bits per heavy atom. The summed E-state index contributed by atoms with van der Waals surface area (Å²) in [5, 5.41) is 0. The number of alkyl halides is 1. The van der Waals surface area contributed by atoms with Gasteiger partial charge in [0.25, 0.3) is 5.91 Å². The lowest BCUT2D eigenvalue weighted by atomic mass is 9.91. The van der Waals surface area contributed by atoms with Crippen molar-refractivity contribution in [2.75, 3.05) is 13.1 Å². The zero-order valence-corrected chi connectivity index (χ0v) is 24.3. The fourth-order valence-electron chi connectivity index (χ4n) is 5.79. The molecule has 0 radical (unpaired) electrons. The van der Waals surface area contributed by atoms with Crippen molar-refractivity contribution in [1.29, 1.82) is 0 Å². The number of nitrogens with zero attached hydrogens (tertiary/aromatic N) is 3. The first-order valence-corrected chi connectivity index (χ1v) is 14.5. The second-order valence-electron chi connectivity index (χ2n) is 11.2. The van der Waals surface area contributed by atoms with Crippen molar-refractivity contribution >= 4 is 22.5 Å². The molecule has 1 aliphatic heterocycles. The van der Waals surface area contributed by atoms with Gasteiger partial charge in [-0.2, -0.15) is 0 Å². The molecule has 7 heteroatoms. The zero-order valence-electron chi connectivity index (χ0n) is 24.3. The second kappa shape index (κ2) is 12.4. The maximum Gasteiger partial charge on any atom is 0.256 e. The Kier molecular flexibility index (Phi) is 8.66. The number of hydrogen-bond donors (Lipinski definition) is 0. The van der Waals surface area contributed by atoms with Gasteiger partial charge in [0.2, 0.25) is 0 Å². The minimum Gasteiger partial charge on any atom is -0.339 e. The Morgan fingerprint density at radius 1 is 1.07 bits per heavy atom. The SMILES string of the molecule is C=C(C)C/C=C(/c1cccc(F)c1)c1cc(F)c(C(=O)N2CCC(c3nc4ccccc4n3C(F)CC)CC2)cc1C. The van der Waals surface area contributed by atoms with E-state index in [9.17, 15) is 9.18 Å². The summed E-state index contributed by atoms with van der Waals surface area (Å²) >= 11 is 0. The van der Waals surface area contributed by atoms with Gasteiger partial charge >= 0.3 is 0 Å². The van der Waals surface area contributed by atoms with Crippen molar-refractivity contribution in [2.24, 2.45) is 0 Å². The molecule has 1 amide bonds. The van der Waals surface area contributed by atoms with Crippen LogP contribution in [-0.2, 0) is 0 Å². The van der Waals surface area contributed by atoms with Crippen LogP contribution in [0.15, 0.2) is 78.9 Å². The van der Waals surface area contributed by atoms with E-state index in [1.165, 1.54) is 18.2 Å². The van der Waals surface area contributed by atoms with Crippen LogP contribution in [0.1, 0.15) is 84.6 Å². The van der Waals surface area contributed by atoms with E-state index in [1.807, 2.05) is 51.1 Å². The number of aromatic nitrogens is 2. The lowest BCUT2D eigenvalue weighted by Gasteiger charge is -2.32. The van der Waals surface area contributed by atoms with Gasteiger partial charge < -0.3 is 4.90 Å². The molecule has 42 heavy (non-hydrogen) atoms. The van der Waals surface area contributed by atoms with Gasteiger partial charge in [-0.15, -0.1) is 0 Å². The molecule has 0 spiro atoms. The van der Waals surface area contributed by atoms with Crippen LogP contribution in [0.2, 0.25) is 0 Å². The predicted molar refractivity (Wildman–Crippen MR) is 162 cm³/mol. The first-order chi connectivity index (χ1) is 20.2. The van der Waals surface area contributed by atoms with Crippen LogP contribution in [0.25, 0.3) is 16.6 Å². The van der Waals surface area contributed by atoms with Gasteiger partial charge in [0, 0.05) is 19.0 Å². The highest BCUT2D eigenvalue weighted by Crippen LogP contribution is 2.35. The van der Waals surface area contributed by atoms with Crippen LogP contribution in [-0.4, -0.2) is 33.4 Å². The van der Waals surface area contributed by atoms with Gasteiger partial charge in [-0.1, -0.05) is 49.4 Å². The minimum absolute atomic E-state index is 0.00695. The van der Waals surface area contributed by atoms with Gasteiger partial charge in [0.15, 0.2) is 6.30 Å². The Labute approximate surface area is 245 Å². The van der Waals surface area contributed by atoms with E-state index in [4.69, 9.17) is 4.98 Å².